The van der Waals surface area contributed by atoms with Crippen LogP contribution >= 0.6 is 0 Å². The summed E-state index contributed by atoms with van der Waals surface area (Å²) in [4.78, 5) is 12.9. The number of aryl methyl sites for hydroxylation is 1. The number of benzene rings is 2. The Morgan fingerprint density at radius 2 is 1.75 bits per heavy atom. The van der Waals surface area contributed by atoms with Gasteiger partial charge in [-0.3, -0.25) is 4.79 Å². The van der Waals surface area contributed by atoms with Crippen LogP contribution in [0.1, 0.15) is 25.8 Å². The first kappa shape index (κ1) is 20.2. The fourth-order valence-corrected chi connectivity index (χ4v) is 4.06. The largest absolute Gasteiger partial charge is 0.454 e. The van der Waals surface area contributed by atoms with Gasteiger partial charge >= 0.3 is 0 Å². The zero-order valence-electron chi connectivity index (χ0n) is 16.1. The molecule has 28 heavy (non-hydrogen) atoms. The summed E-state index contributed by atoms with van der Waals surface area (Å²) in [6, 6.07) is 10.6. The molecule has 1 aliphatic rings. The number of sulfonamides is 1. The van der Waals surface area contributed by atoms with Gasteiger partial charge < -0.3 is 14.8 Å². The zero-order valence-corrected chi connectivity index (χ0v) is 16.9. The van der Waals surface area contributed by atoms with Crippen LogP contribution in [0.5, 0.6) is 11.5 Å². The molecule has 1 amide bonds. The van der Waals surface area contributed by atoms with Crippen molar-refractivity contribution < 1.29 is 22.7 Å². The highest BCUT2D eigenvalue weighted by Crippen LogP contribution is 2.34. The molecule has 0 saturated carbocycles. The summed E-state index contributed by atoms with van der Waals surface area (Å²) in [5.41, 5.74) is 1.47. The molecule has 1 unspecified atom stereocenters. The number of amides is 1. The van der Waals surface area contributed by atoms with Gasteiger partial charge in [0.1, 0.15) is 6.04 Å². The lowest BCUT2D eigenvalue weighted by Crippen LogP contribution is -2.44. The van der Waals surface area contributed by atoms with E-state index in [-0.39, 0.29) is 17.6 Å². The molecule has 0 radical (unpaired) electrons. The van der Waals surface area contributed by atoms with E-state index >= 15 is 0 Å². The Labute approximate surface area is 165 Å². The average molecular weight is 404 g/mol. The fourth-order valence-electron chi connectivity index (χ4n) is 2.86. The van der Waals surface area contributed by atoms with Crippen LogP contribution in [0.15, 0.2) is 47.4 Å². The monoisotopic (exact) mass is 404 g/mol. The maximum Gasteiger partial charge on any atom is 0.242 e. The fraction of sp³-hybridized carbons (Fsp3) is 0.350. The van der Waals surface area contributed by atoms with Crippen molar-refractivity contribution in [3.05, 3.63) is 48.0 Å². The molecule has 150 valence electrons. The van der Waals surface area contributed by atoms with Gasteiger partial charge in [-0.15, -0.1) is 0 Å². The van der Waals surface area contributed by atoms with Gasteiger partial charge in [0.05, 0.1) is 4.90 Å². The van der Waals surface area contributed by atoms with Gasteiger partial charge in [-0.25, -0.2) is 8.42 Å². The highest BCUT2D eigenvalue weighted by molar-refractivity contribution is 7.89. The summed E-state index contributed by atoms with van der Waals surface area (Å²) < 4.78 is 38.5. The molecular formula is C20H24N2O5S. The summed E-state index contributed by atoms with van der Waals surface area (Å²) in [5.74, 6) is 0.840. The number of ether oxygens (including phenoxy) is 2. The van der Waals surface area contributed by atoms with Gasteiger partial charge in [-0.1, -0.05) is 31.5 Å². The standard InChI is InChI=1S/C20H24N2O5S/c1-13(2)10-17(22-28(24,25)16-7-4-14(3)5-8-16)20(23)21-15-6-9-18-19(11-15)27-12-26-18/h4-9,11,13,17,22H,10,12H2,1-3H3,(H,21,23). The SMILES string of the molecule is Cc1ccc(S(=O)(=O)NC(CC(C)C)C(=O)Nc2ccc3c(c2)OCO3)cc1. The first-order chi connectivity index (χ1) is 13.2. The minimum atomic E-state index is -3.82. The normalized spacial score (nSPS) is 14.1. The van der Waals surface area contributed by atoms with Crippen LogP contribution in [0.3, 0.4) is 0 Å². The number of rotatable bonds is 7. The van der Waals surface area contributed by atoms with E-state index in [2.05, 4.69) is 10.0 Å². The predicted octanol–water partition coefficient (Wildman–Crippen LogP) is 3.06. The Morgan fingerprint density at radius 1 is 1.07 bits per heavy atom. The smallest absolute Gasteiger partial charge is 0.242 e. The van der Waals surface area contributed by atoms with E-state index < -0.39 is 22.0 Å². The van der Waals surface area contributed by atoms with Gasteiger partial charge in [0.25, 0.3) is 0 Å². The lowest BCUT2D eigenvalue weighted by molar-refractivity contribution is -0.118. The van der Waals surface area contributed by atoms with E-state index in [0.717, 1.165) is 5.56 Å². The zero-order chi connectivity index (χ0) is 20.3. The second-order valence-corrected chi connectivity index (χ2v) is 8.89. The van der Waals surface area contributed by atoms with Crippen LogP contribution in [0.25, 0.3) is 0 Å². The molecule has 1 atom stereocenters. The van der Waals surface area contributed by atoms with Gasteiger partial charge in [0, 0.05) is 11.8 Å². The Balaban J connectivity index is 1.77. The highest BCUT2D eigenvalue weighted by atomic mass is 32.2. The first-order valence-electron chi connectivity index (χ1n) is 9.04. The van der Waals surface area contributed by atoms with Crippen LogP contribution in [0.4, 0.5) is 5.69 Å². The number of nitrogens with one attached hydrogen (secondary N) is 2. The Kier molecular flexibility index (Phi) is 5.90. The number of hydrogen-bond acceptors (Lipinski definition) is 5. The number of hydrogen-bond donors (Lipinski definition) is 2. The van der Waals surface area contributed by atoms with Crippen molar-refractivity contribution in [1.29, 1.82) is 0 Å². The molecule has 7 nitrogen and oxygen atoms in total. The molecule has 2 aromatic carbocycles. The third-order valence-electron chi connectivity index (χ3n) is 4.29. The molecule has 3 rings (SSSR count). The Bertz CT molecular complexity index is 955. The molecule has 1 heterocycles. The molecule has 8 heteroatoms. The molecule has 0 saturated heterocycles. The first-order valence-corrected chi connectivity index (χ1v) is 10.5. The van der Waals surface area contributed by atoms with E-state index in [1.165, 1.54) is 12.1 Å². The van der Waals surface area contributed by atoms with E-state index in [4.69, 9.17) is 9.47 Å². The van der Waals surface area contributed by atoms with Gasteiger partial charge in [-0.05, 0) is 43.5 Å². The van der Waals surface area contributed by atoms with Crippen molar-refractivity contribution in [2.45, 2.75) is 38.1 Å². The van der Waals surface area contributed by atoms with E-state index in [1.807, 2.05) is 20.8 Å². The Morgan fingerprint density at radius 3 is 2.43 bits per heavy atom. The molecule has 0 spiro atoms. The van der Waals surface area contributed by atoms with Crippen LogP contribution in [0, 0.1) is 12.8 Å². The van der Waals surface area contributed by atoms with Crippen LogP contribution in [0.2, 0.25) is 0 Å². The summed E-state index contributed by atoms with van der Waals surface area (Å²) in [6.45, 7) is 5.88. The molecule has 0 aromatic heterocycles. The number of carbonyl (C=O) groups is 1. The molecule has 2 N–H and O–H groups in total. The number of carbonyl (C=O) groups excluding carboxylic acids is 1. The van der Waals surface area contributed by atoms with Crippen LogP contribution < -0.4 is 19.5 Å². The molecule has 1 aliphatic heterocycles. The summed E-state index contributed by atoms with van der Waals surface area (Å²) in [5, 5.41) is 2.76. The quantitative estimate of drug-likeness (QED) is 0.740. The summed E-state index contributed by atoms with van der Waals surface area (Å²) in [7, 11) is -3.82. The Hall–Kier alpha value is -2.58. The van der Waals surface area contributed by atoms with Gasteiger partial charge in [0.15, 0.2) is 11.5 Å². The molecule has 0 aliphatic carbocycles. The third kappa shape index (κ3) is 4.82. The minimum Gasteiger partial charge on any atom is -0.454 e. The van der Waals surface area contributed by atoms with Gasteiger partial charge in [-0.2, -0.15) is 4.72 Å². The van der Waals surface area contributed by atoms with E-state index in [0.29, 0.717) is 23.6 Å². The van der Waals surface area contributed by atoms with E-state index in [9.17, 15) is 13.2 Å². The molecular weight excluding hydrogens is 380 g/mol. The van der Waals surface area contributed by atoms with Crippen molar-refractivity contribution in [3.63, 3.8) is 0 Å². The predicted molar refractivity (Wildman–Crippen MR) is 106 cm³/mol. The average Bonchev–Trinajstić information content (AvgIpc) is 3.08. The summed E-state index contributed by atoms with van der Waals surface area (Å²) in [6.07, 6.45) is 0.363. The maximum atomic E-state index is 12.8. The lowest BCUT2D eigenvalue weighted by Gasteiger charge is -2.20. The number of anilines is 1. The van der Waals surface area contributed by atoms with Gasteiger partial charge in [0.2, 0.25) is 22.7 Å². The van der Waals surface area contributed by atoms with Crippen molar-refractivity contribution in [1.82, 2.24) is 4.72 Å². The third-order valence-corrected chi connectivity index (χ3v) is 5.78. The maximum absolute atomic E-state index is 12.8. The lowest BCUT2D eigenvalue weighted by atomic mass is 10.0. The highest BCUT2D eigenvalue weighted by Gasteiger charge is 2.27. The minimum absolute atomic E-state index is 0.119. The second-order valence-electron chi connectivity index (χ2n) is 7.17. The van der Waals surface area contributed by atoms with E-state index in [1.54, 1.807) is 30.3 Å². The molecule has 0 fully saturated rings. The summed E-state index contributed by atoms with van der Waals surface area (Å²) >= 11 is 0. The topological polar surface area (TPSA) is 93.7 Å². The van der Waals surface area contributed by atoms with Crippen molar-refractivity contribution in [2.75, 3.05) is 12.1 Å². The molecule has 0 bridgehead atoms. The van der Waals surface area contributed by atoms with Crippen molar-refractivity contribution in [3.8, 4) is 11.5 Å². The second kappa shape index (κ2) is 8.20. The van der Waals surface area contributed by atoms with Crippen LogP contribution in [-0.4, -0.2) is 27.2 Å². The van der Waals surface area contributed by atoms with Crippen molar-refractivity contribution in [2.24, 2.45) is 5.92 Å². The van der Waals surface area contributed by atoms with Crippen LogP contribution in [-0.2, 0) is 14.8 Å². The number of fused-ring (bicyclic) bond motifs is 1. The van der Waals surface area contributed by atoms with Crippen molar-refractivity contribution >= 4 is 21.6 Å². The molecule has 2 aromatic rings.